The van der Waals surface area contributed by atoms with E-state index in [1.54, 1.807) is 6.92 Å². The number of esters is 1. The highest BCUT2D eigenvalue weighted by atomic mass is 32.2. The number of hydrogen-bond acceptors (Lipinski definition) is 5. The van der Waals surface area contributed by atoms with Crippen LogP contribution in [-0.4, -0.2) is 38.5 Å². The van der Waals surface area contributed by atoms with Crippen LogP contribution in [0.3, 0.4) is 0 Å². The zero-order valence-corrected chi connectivity index (χ0v) is 14.4. The topological polar surface area (TPSA) is 86.5 Å². The van der Waals surface area contributed by atoms with Crippen molar-refractivity contribution < 1.29 is 17.9 Å². The molecule has 0 bridgehead atoms. The molecule has 1 rings (SSSR count). The van der Waals surface area contributed by atoms with Crippen LogP contribution >= 0.6 is 0 Å². The van der Waals surface area contributed by atoms with Gasteiger partial charge in [0.15, 0.2) is 9.84 Å². The average Bonchev–Trinajstić information content (AvgIpc) is 2.36. The standard InChI is InChI=1S/C15H29NO4S/c1-5-20-14(17)10-21(18,19)13-8-12(15(2,3)4)7-6-11(13)9-16/h11-13H,5-10,16H2,1-4H3. The third-order valence-corrected chi connectivity index (χ3v) is 6.68. The first kappa shape index (κ1) is 18.4. The zero-order chi connectivity index (χ0) is 16.3. The maximum Gasteiger partial charge on any atom is 0.321 e. The van der Waals surface area contributed by atoms with Crippen LogP contribution in [0.5, 0.6) is 0 Å². The van der Waals surface area contributed by atoms with Gasteiger partial charge in [-0.2, -0.15) is 0 Å². The van der Waals surface area contributed by atoms with Crippen molar-refractivity contribution in [2.45, 2.75) is 52.2 Å². The fraction of sp³-hybridized carbons (Fsp3) is 0.933. The Hall–Kier alpha value is -0.620. The minimum Gasteiger partial charge on any atom is -0.465 e. The molecule has 3 unspecified atom stereocenters. The van der Waals surface area contributed by atoms with Crippen molar-refractivity contribution in [3.05, 3.63) is 0 Å². The third-order valence-electron chi connectivity index (χ3n) is 4.54. The number of sulfone groups is 1. The first-order valence-electron chi connectivity index (χ1n) is 7.69. The van der Waals surface area contributed by atoms with Gasteiger partial charge in [-0.05, 0) is 50.0 Å². The molecule has 5 nitrogen and oxygen atoms in total. The summed E-state index contributed by atoms with van der Waals surface area (Å²) in [6.45, 7) is 8.62. The second-order valence-corrected chi connectivity index (χ2v) is 9.24. The van der Waals surface area contributed by atoms with Crippen LogP contribution in [0.4, 0.5) is 0 Å². The van der Waals surface area contributed by atoms with Crippen LogP contribution in [0.1, 0.15) is 47.0 Å². The molecule has 1 aliphatic carbocycles. The smallest absolute Gasteiger partial charge is 0.321 e. The quantitative estimate of drug-likeness (QED) is 0.780. The van der Waals surface area contributed by atoms with Crippen molar-refractivity contribution in [3.63, 3.8) is 0 Å². The van der Waals surface area contributed by atoms with Gasteiger partial charge in [0.2, 0.25) is 0 Å². The van der Waals surface area contributed by atoms with E-state index < -0.39 is 26.8 Å². The van der Waals surface area contributed by atoms with E-state index in [0.29, 0.717) is 18.9 Å². The van der Waals surface area contributed by atoms with Crippen LogP contribution in [0.15, 0.2) is 0 Å². The maximum atomic E-state index is 12.6. The Morgan fingerprint density at radius 2 is 1.90 bits per heavy atom. The number of ether oxygens (including phenoxy) is 1. The molecule has 0 aromatic heterocycles. The maximum absolute atomic E-state index is 12.6. The molecule has 2 N–H and O–H groups in total. The molecule has 1 saturated carbocycles. The van der Waals surface area contributed by atoms with Crippen molar-refractivity contribution in [1.82, 2.24) is 0 Å². The molecule has 21 heavy (non-hydrogen) atoms. The van der Waals surface area contributed by atoms with Crippen LogP contribution in [0, 0.1) is 17.3 Å². The summed E-state index contributed by atoms with van der Waals surface area (Å²) in [7, 11) is -3.51. The third kappa shape index (κ3) is 4.95. The molecule has 0 saturated heterocycles. The Morgan fingerprint density at radius 1 is 1.29 bits per heavy atom. The second-order valence-electron chi connectivity index (χ2n) is 7.02. The number of carbonyl (C=O) groups excluding carboxylic acids is 1. The molecular formula is C15H29NO4S. The Labute approximate surface area is 128 Å². The largest absolute Gasteiger partial charge is 0.465 e. The molecule has 0 aromatic carbocycles. The van der Waals surface area contributed by atoms with Crippen LogP contribution in [-0.2, 0) is 19.4 Å². The van der Waals surface area contributed by atoms with Gasteiger partial charge in [0.05, 0.1) is 11.9 Å². The first-order valence-corrected chi connectivity index (χ1v) is 9.40. The highest BCUT2D eigenvalue weighted by molar-refractivity contribution is 7.92. The SMILES string of the molecule is CCOC(=O)CS(=O)(=O)C1CC(C(C)(C)C)CCC1CN. The van der Waals surface area contributed by atoms with Gasteiger partial charge in [-0.3, -0.25) is 4.79 Å². The van der Waals surface area contributed by atoms with E-state index in [4.69, 9.17) is 10.5 Å². The van der Waals surface area contributed by atoms with Gasteiger partial charge in [0.25, 0.3) is 0 Å². The first-order chi connectivity index (χ1) is 9.61. The van der Waals surface area contributed by atoms with Crippen LogP contribution < -0.4 is 5.73 Å². The van der Waals surface area contributed by atoms with Gasteiger partial charge in [-0.25, -0.2) is 8.42 Å². The van der Waals surface area contributed by atoms with Crippen molar-refractivity contribution >= 4 is 15.8 Å². The predicted molar refractivity (Wildman–Crippen MR) is 83.5 cm³/mol. The monoisotopic (exact) mass is 319 g/mol. The highest BCUT2D eigenvalue weighted by Gasteiger charge is 2.42. The summed E-state index contributed by atoms with van der Waals surface area (Å²) >= 11 is 0. The number of rotatable bonds is 5. The fourth-order valence-electron chi connectivity index (χ4n) is 3.16. The molecule has 6 heteroatoms. The van der Waals surface area contributed by atoms with E-state index in [2.05, 4.69) is 20.8 Å². The van der Waals surface area contributed by atoms with Crippen molar-refractivity contribution in [1.29, 1.82) is 0 Å². The minimum atomic E-state index is -3.51. The second kappa shape index (κ2) is 7.09. The Kier molecular flexibility index (Phi) is 6.23. The molecule has 1 aliphatic rings. The van der Waals surface area contributed by atoms with E-state index in [9.17, 15) is 13.2 Å². The highest BCUT2D eigenvalue weighted by Crippen LogP contribution is 2.42. The molecule has 0 aliphatic heterocycles. The summed E-state index contributed by atoms with van der Waals surface area (Å²) in [6, 6.07) is 0. The van der Waals surface area contributed by atoms with Crippen molar-refractivity contribution in [2.24, 2.45) is 23.0 Å². The van der Waals surface area contributed by atoms with Gasteiger partial charge in [0.1, 0.15) is 5.75 Å². The van der Waals surface area contributed by atoms with Crippen molar-refractivity contribution in [3.8, 4) is 0 Å². The summed E-state index contributed by atoms with van der Waals surface area (Å²) in [6.07, 6.45) is 2.40. The summed E-state index contributed by atoms with van der Waals surface area (Å²) in [5.41, 5.74) is 5.82. The average molecular weight is 319 g/mol. The Morgan fingerprint density at radius 3 is 2.38 bits per heavy atom. The zero-order valence-electron chi connectivity index (χ0n) is 13.6. The molecule has 1 fully saturated rings. The van der Waals surface area contributed by atoms with Gasteiger partial charge >= 0.3 is 5.97 Å². The molecule has 124 valence electrons. The normalized spacial score (nSPS) is 27.4. The lowest BCUT2D eigenvalue weighted by atomic mass is 9.69. The van der Waals surface area contributed by atoms with E-state index in [0.717, 1.165) is 12.8 Å². The summed E-state index contributed by atoms with van der Waals surface area (Å²) < 4.78 is 29.9. The molecule has 0 spiro atoms. The van der Waals surface area contributed by atoms with Crippen molar-refractivity contribution in [2.75, 3.05) is 18.9 Å². The summed E-state index contributed by atoms with van der Waals surface area (Å²) in [4.78, 5) is 11.5. The molecular weight excluding hydrogens is 290 g/mol. The lowest BCUT2D eigenvalue weighted by Gasteiger charge is -2.41. The van der Waals surface area contributed by atoms with Gasteiger partial charge < -0.3 is 10.5 Å². The Bertz CT molecular complexity index is 453. The van der Waals surface area contributed by atoms with Crippen LogP contribution in [0.25, 0.3) is 0 Å². The molecule has 0 amide bonds. The van der Waals surface area contributed by atoms with E-state index in [1.165, 1.54) is 0 Å². The van der Waals surface area contributed by atoms with E-state index in [-0.39, 0.29) is 17.9 Å². The lowest BCUT2D eigenvalue weighted by Crippen LogP contribution is -2.44. The summed E-state index contributed by atoms with van der Waals surface area (Å²) in [5, 5.41) is -0.523. The van der Waals surface area contributed by atoms with Gasteiger partial charge in [-0.1, -0.05) is 20.8 Å². The molecule has 3 atom stereocenters. The number of carbonyl (C=O) groups is 1. The van der Waals surface area contributed by atoms with Gasteiger partial charge in [0, 0.05) is 0 Å². The lowest BCUT2D eigenvalue weighted by molar-refractivity contribution is -0.139. The number of hydrogen-bond donors (Lipinski definition) is 1. The van der Waals surface area contributed by atoms with E-state index in [1.807, 2.05) is 0 Å². The fourth-order valence-corrected chi connectivity index (χ4v) is 5.15. The predicted octanol–water partition coefficient (Wildman–Crippen LogP) is 1.75. The van der Waals surface area contributed by atoms with E-state index >= 15 is 0 Å². The molecule has 0 heterocycles. The molecule has 0 aromatic rings. The molecule has 0 radical (unpaired) electrons. The number of nitrogens with two attached hydrogens (primary N) is 1. The van der Waals surface area contributed by atoms with Gasteiger partial charge in [-0.15, -0.1) is 0 Å². The van der Waals surface area contributed by atoms with Crippen LogP contribution in [0.2, 0.25) is 0 Å². The Balaban J connectivity index is 2.90. The summed E-state index contributed by atoms with van der Waals surface area (Å²) in [5.74, 6) is -0.907. The minimum absolute atomic E-state index is 0.0528.